The molecule has 2 N–H and O–H groups in total. The average molecular weight is 426 g/mol. The summed E-state index contributed by atoms with van der Waals surface area (Å²) in [4.78, 5) is 45.3. The number of aryl methyl sites for hydroxylation is 2. The number of amides is 1. The van der Waals surface area contributed by atoms with Crippen molar-refractivity contribution < 1.29 is 4.79 Å². The Hall–Kier alpha value is -4.20. The monoisotopic (exact) mass is 426 g/mol. The maximum Gasteiger partial charge on any atom is 0.255 e. The molecule has 4 rings (SSSR count). The van der Waals surface area contributed by atoms with Gasteiger partial charge in [0, 0.05) is 24.9 Å². The fourth-order valence-corrected chi connectivity index (χ4v) is 3.43. The number of nitrogens with one attached hydrogen (secondary N) is 2. The van der Waals surface area contributed by atoms with Gasteiger partial charge in [-0.2, -0.15) is 0 Å². The molecule has 1 amide bonds. The predicted octanol–water partition coefficient (Wildman–Crippen LogP) is 2.95. The molecule has 0 radical (unpaired) electrons. The Labute approximate surface area is 184 Å². The number of aromatic nitrogens is 5. The fraction of sp³-hybridized carbons (Fsp3) is 0.167. The summed E-state index contributed by atoms with van der Waals surface area (Å²) in [5.41, 5.74) is 2.74. The van der Waals surface area contributed by atoms with E-state index in [9.17, 15) is 9.59 Å². The number of carbonyl (C=O) groups is 1. The van der Waals surface area contributed by atoms with E-state index in [1.165, 1.54) is 12.3 Å². The topological polar surface area (TPSA) is 114 Å². The molecule has 0 aliphatic heterocycles. The van der Waals surface area contributed by atoms with Gasteiger partial charge in [0.15, 0.2) is 5.82 Å². The number of nitrogens with zero attached hydrogens (tertiary/aromatic N) is 4. The van der Waals surface area contributed by atoms with Gasteiger partial charge in [0.1, 0.15) is 11.5 Å². The van der Waals surface area contributed by atoms with Gasteiger partial charge in [-0.1, -0.05) is 36.4 Å². The number of aromatic amines is 1. The van der Waals surface area contributed by atoms with Crippen LogP contribution in [0.2, 0.25) is 0 Å². The Kier molecular flexibility index (Phi) is 6.12. The molecule has 1 atom stereocenters. The summed E-state index contributed by atoms with van der Waals surface area (Å²) in [5.74, 6) is 0.702. The van der Waals surface area contributed by atoms with Gasteiger partial charge in [0.25, 0.3) is 11.5 Å². The van der Waals surface area contributed by atoms with E-state index in [0.29, 0.717) is 40.7 Å². The number of hydrogen-bond donors (Lipinski definition) is 2. The maximum atomic E-state index is 13.0. The van der Waals surface area contributed by atoms with Gasteiger partial charge in [0.2, 0.25) is 0 Å². The quantitative estimate of drug-likeness (QED) is 0.490. The van der Waals surface area contributed by atoms with Crippen molar-refractivity contribution in [3.8, 4) is 11.5 Å². The van der Waals surface area contributed by atoms with Crippen LogP contribution in [0.25, 0.3) is 11.5 Å². The summed E-state index contributed by atoms with van der Waals surface area (Å²) in [6.45, 7) is 3.55. The van der Waals surface area contributed by atoms with Crippen molar-refractivity contribution in [3.05, 3.63) is 106 Å². The molecule has 1 unspecified atom stereocenters. The maximum absolute atomic E-state index is 13.0. The second-order valence-corrected chi connectivity index (χ2v) is 7.36. The summed E-state index contributed by atoms with van der Waals surface area (Å²) >= 11 is 0. The third kappa shape index (κ3) is 4.92. The van der Waals surface area contributed by atoms with E-state index in [0.717, 1.165) is 5.56 Å². The van der Waals surface area contributed by atoms with Gasteiger partial charge in [-0.05, 0) is 31.5 Å². The SMILES string of the molecule is Cc1ncc(C(=O)NC(Cc2cc(=O)[nH]c(-c3ccccn3)n2)c2ccccc2)c(C)n1. The van der Waals surface area contributed by atoms with Crippen molar-refractivity contribution in [2.75, 3.05) is 0 Å². The third-order valence-corrected chi connectivity index (χ3v) is 4.97. The first-order chi connectivity index (χ1) is 15.5. The molecule has 0 saturated heterocycles. The molecule has 0 aliphatic rings. The summed E-state index contributed by atoms with van der Waals surface area (Å²) in [6, 6.07) is 16.0. The largest absolute Gasteiger partial charge is 0.345 e. The number of rotatable bonds is 6. The summed E-state index contributed by atoms with van der Waals surface area (Å²) in [6.07, 6.45) is 3.49. The van der Waals surface area contributed by atoms with E-state index < -0.39 is 6.04 Å². The van der Waals surface area contributed by atoms with Crippen LogP contribution in [0.1, 0.15) is 39.2 Å². The van der Waals surface area contributed by atoms with Crippen molar-refractivity contribution in [1.29, 1.82) is 0 Å². The predicted molar refractivity (Wildman–Crippen MR) is 120 cm³/mol. The molecule has 0 bridgehead atoms. The van der Waals surface area contributed by atoms with Crippen molar-refractivity contribution in [1.82, 2.24) is 30.2 Å². The fourth-order valence-electron chi connectivity index (χ4n) is 3.43. The van der Waals surface area contributed by atoms with Gasteiger partial charge in [-0.3, -0.25) is 14.6 Å². The third-order valence-electron chi connectivity index (χ3n) is 4.97. The molecule has 1 aromatic carbocycles. The molecule has 0 aliphatic carbocycles. The highest BCUT2D eigenvalue weighted by Crippen LogP contribution is 2.19. The highest BCUT2D eigenvalue weighted by atomic mass is 16.1. The average Bonchev–Trinajstić information content (AvgIpc) is 2.79. The van der Waals surface area contributed by atoms with Gasteiger partial charge in [-0.15, -0.1) is 0 Å². The van der Waals surface area contributed by atoms with Crippen molar-refractivity contribution in [2.45, 2.75) is 26.3 Å². The lowest BCUT2D eigenvalue weighted by Gasteiger charge is -2.20. The normalized spacial score (nSPS) is 11.7. The molecule has 0 saturated carbocycles. The number of pyridine rings is 1. The standard InChI is InChI=1S/C24H22N6O2/c1-15-19(14-26-16(2)27-15)24(32)29-21(17-8-4-3-5-9-17)12-18-13-22(31)30-23(28-18)20-10-6-7-11-25-20/h3-11,13-14,21H,12H2,1-2H3,(H,29,32)(H,28,30,31). The van der Waals surface area contributed by atoms with E-state index in [2.05, 4.69) is 30.2 Å². The first-order valence-corrected chi connectivity index (χ1v) is 10.2. The first kappa shape index (κ1) is 21.0. The minimum atomic E-state index is -0.407. The Morgan fingerprint density at radius 1 is 1.03 bits per heavy atom. The van der Waals surface area contributed by atoms with Crippen LogP contribution in [0.3, 0.4) is 0 Å². The molecule has 160 valence electrons. The lowest BCUT2D eigenvalue weighted by molar-refractivity contribution is 0.0935. The summed E-state index contributed by atoms with van der Waals surface area (Å²) < 4.78 is 0. The number of benzene rings is 1. The van der Waals surface area contributed by atoms with Crippen LogP contribution in [0, 0.1) is 13.8 Å². The lowest BCUT2D eigenvalue weighted by Crippen LogP contribution is -2.31. The van der Waals surface area contributed by atoms with Crippen LogP contribution < -0.4 is 10.9 Å². The van der Waals surface area contributed by atoms with Crippen molar-refractivity contribution in [3.63, 3.8) is 0 Å². The Balaban J connectivity index is 1.66. The van der Waals surface area contributed by atoms with E-state index in [1.54, 1.807) is 32.2 Å². The van der Waals surface area contributed by atoms with Gasteiger partial charge in [0.05, 0.1) is 23.0 Å². The van der Waals surface area contributed by atoms with Crippen LogP contribution in [0.5, 0.6) is 0 Å². The lowest BCUT2D eigenvalue weighted by atomic mass is 10.0. The van der Waals surface area contributed by atoms with Crippen LogP contribution >= 0.6 is 0 Å². The van der Waals surface area contributed by atoms with E-state index in [4.69, 9.17) is 0 Å². The zero-order valence-electron chi connectivity index (χ0n) is 17.7. The first-order valence-electron chi connectivity index (χ1n) is 10.2. The van der Waals surface area contributed by atoms with Gasteiger partial charge in [-0.25, -0.2) is 15.0 Å². The highest BCUT2D eigenvalue weighted by molar-refractivity contribution is 5.95. The van der Waals surface area contributed by atoms with E-state index >= 15 is 0 Å². The van der Waals surface area contributed by atoms with E-state index in [-0.39, 0.29) is 11.5 Å². The Morgan fingerprint density at radius 3 is 2.53 bits per heavy atom. The molecule has 0 spiro atoms. The molecular formula is C24H22N6O2. The van der Waals surface area contributed by atoms with Crippen LogP contribution in [-0.2, 0) is 6.42 Å². The van der Waals surface area contributed by atoms with Crippen LogP contribution in [0.4, 0.5) is 0 Å². The van der Waals surface area contributed by atoms with Crippen molar-refractivity contribution >= 4 is 5.91 Å². The number of carbonyl (C=O) groups excluding carboxylic acids is 1. The second-order valence-electron chi connectivity index (χ2n) is 7.36. The minimum Gasteiger partial charge on any atom is -0.345 e. The minimum absolute atomic E-state index is 0.281. The van der Waals surface area contributed by atoms with Crippen LogP contribution in [0.15, 0.2) is 71.8 Å². The van der Waals surface area contributed by atoms with Gasteiger partial charge >= 0.3 is 0 Å². The molecule has 8 nitrogen and oxygen atoms in total. The molecular weight excluding hydrogens is 404 g/mol. The molecule has 3 heterocycles. The molecule has 4 aromatic rings. The highest BCUT2D eigenvalue weighted by Gasteiger charge is 2.20. The Morgan fingerprint density at radius 2 is 1.81 bits per heavy atom. The smallest absolute Gasteiger partial charge is 0.255 e. The zero-order chi connectivity index (χ0) is 22.5. The second kappa shape index (κ2) is 9.30. The molecule has 3 aromatic heterocycles. The van der Waals surface area contributed by atoms with E-state index in [1.807, 2.05) is 36.4 Å². The molecule has 0 fully saturated rings. The molecule has 8 heteroatoms. The molecule has 32 heavy (non-hydrogen) atoms. The zero-order valence-corrected chi connectivity index (χ0v) is 17.7. The van der Waals surface area contributed by atoms with Crippen molar-refractivity contribution in [2.24, 2.45) is 0 Å². The number of hydrogen-bond acceptors (Lipinski definition) is 6. The summed E-state index contributed by atoms with van der Waals surface area (Å²) in [5, 5.41) is 3.05. The van der Waals surface area contributed by atoms with Crippen LogP contribution in [-0.4, -0.2) is 30.8 Å². The Bertz CT molecular complexity index is 1290. The van der Waals surface area contributed by atoms with Gasteiger partial charge < -0.3 is 10.3 Å². The summed E-state index contributed by atoms with van der Waals surface area (Å²) in [7, 11) is 0. The number of H-pyrrole nitrogens is 1.